The van der Waals surface area contributed by atoms with Gasteiger partial charge in [-0.25, -0.2) is 0 Å². The average Bonchev–Trinajstić information content (AvgIpc) is 2.35. The van der Waals surface area contributed by atoms with Crippen LogP contribution in [0, 0.1) is 5.92 Å². The summed E-state index contributed by atoms with van der Waals surface area (Å²) in [7, 11) is 0. The molecule has 0 spiro atoms. The molecule has 0 bridgehead atoms. The summed E-state index contributed by atoms with van der Waals surface area (Å²) in [5, 5.41) is 0. The number of unbranched alkanes of at least 4 members (excludes halogenated alkanes) is 10. The Hall–Kier alpha value is -0.260. The van der Waals surface area contributed by atoms with Crippen molar-refractivity contribution in [3.63, 3.8) is 0 Å². The largest absolute Gasteiger partial charge is 0.103 e. The van der Waals surface area contributed by atoms with Crippen LogP contribution in [0.4, 0.5) is 0 Å². The molecular weight excluding hydrogens is 204 g/mol. The van der Waals surface area contributed by atoms with Crippen LogP contribution in [0.5, 0.6) is 0 Å². The highest BCUT2D eigenvalue weighted by Crippen LogP contribution is 2.14. The zero-order chi connectivity index (χ0) is 12.8. The Morgan fingerprint density at radius 2 is 1.18 bits per heavy atom. The molecule has 0 radical (unpaired) electrons. The van der Waals surface area contributed by atoms with Gasteiger partial charge < -0.3 is 0 Å². The van der Waals surface area contributed by atoms with Crippen molar-refractivity contribution < 1.29 is 0 Å². The van der Waals surface area contributed by atoms with Gasteiger partial charge in [0.05, 0.1) is 0 Å². The van der Waals surface area contributed by atoms with Gasteiger partial charge in [-0.3, -0.25) is 0 Å². The van der Waals surface area contributed by atoms with Gasteiger partial charge in [-0.05, 0) is 12.3 Å². The highest BCUT2D eigenvalue weighted by Gasteiger charge is 1.96. The second kappa shape index (κ2) is 13.8. The smallest absolute Gasteiger partial charge is 0.0265 e. The third-order valence-electron chi connectivity index (χ3n) is 3.67. The molecule has 0 amide bonds. The number of allylic oxidation sites excluding steroid dienone is 1. The highest BCUT2D eigenvalue weighted by molar-refractivity contribution is 4.74. The maximum Gasteiger partial charge on any atom is -0.0265 e. The Bertz CT molecular complexity index is 148. The zero-order valence-corrected chi connectivity index (χ0v) is 12.3. The zero-order valence-electron chi connectivity index (χ0n) is 12.3. The van der Waals surface area contributed by atoms with Gasteiger partial charge in [0, 0.05) is 0 Å². The molecule has 0 aliphatic heterocycles. The summed E-state index contributed by atoms with van der Waals surface area (Å²) in [5.41, 5.74) is 0. The van der Waals surface area contributed by atoms with Crippen LogP contribution in [-0.2, 0) is 0 Å². The first kappa shape index (κ1) is 16.7. The molecule has 0 saturated heterocycles. The van der Waals surface area contributed by atoms with E-state index in [9.17, 15) is 0 Å². The van der Waals surface area contributed by atoms with Crippen molar-refractivity contribution in [1.82, 2.24) is 0 Å². The number of hydrogen-bond acceptors (Lipinski definition) is 0. The quantitative estimate of drug-likeness (QED) is 0.253. The van der Waals surface area contributed by atoms with Crippen molar-refractivity contribution in [2.45, 2.75) is 90.9 Å². The molecular formula is C17H34. The van der Waals surface area contributed by atoms with Gasteiger partial charge in [-0.15, -0.1) is 6.58 Å². The molecule has 1 unspecified atom stereocenters. The summed E-state index contributed by atoms with van der Waals surface area (Å²) in [6, 6.07) is 0. The van der Waals surface area contributed by atoms with Crippen LogP contribution < -0.4 is 0 Å². The molecule has 0 aromatic carbocycles. The van der Waals surface area contributed by atoms with E-state index in [0.717, 1.165) is 0 Å². The predicted molar refractivity (Wildman–Crippen MR) is 80.4 cm³/mol. The summed E-state index contributed by atoms with van der Waals surface area (Å²) >= 11 is 0. The summed E-state index contributed by atoms with van der Waals surface area (Å²) in [6.45, 7) is 8.38. The molecule has 102 valence electrons. The Morgan fingerprint density at radius 1 is 0.765 bits per heavy atom. The van der Waals surface area contributed by atoms with E-state index in [1.165, 1.54) is 77.0 Å². The van der Waals surface area contributed by atoms with Crippen molar-refractivity contribution in [1.29, 1.82) is 0 Å². The molecule has 0 aromatic rings. The fourth-order valence-electron chi connectivity index (χ4n) is 2.25. The molecule has 0 rings (SSSR count). The van der Waals surface area contributed by atoms with Crippen molar-refractivity contribution in [3.05, 3.63) is 12.7 Å². The summed E-state index contributed by atoms with van der Waals surface area (Å²) in [4.78, 5) is 0. The van der Waals surface area contributed by atoms with Gasteiger partial charge >= 0.3 is 0 Å². The Morgan fingerprint density at radius 3 is 1.59 bits per heavy atom. The second-order valence-corrected chi connectivity index (χ2v) is 5.54. The van der Waals surface area contributed by atoms with Crippen molar-refractivity contribution >= 4 is 0 Å². The van der Waals surface area contributed by atoms with E-state index in [1.54, 1.807) is 0 Å². The first-order valence-corrected chi connectivity index (χ1v) is 7.93. The molecule has 0 heterocycles. The van der Waals surface area contributed by atoms with Gasteiger partial charge in [0.2, 0.25) is 0 Å². The van der Waals surface area contributed by atoms with E-state index in [-0.39, 0.29) is 0 Å². The van der Waals surface area contributed by atoms with Gasteiger partial charge in [0.15, 0.2) is 0 Å². The van der Waals surface area contributed by atoms with E-state index in [0.29, 0.717) is 5.92 Å². The van der Waals surface area contributed by atoms with E-state index >= 15 is 0 Å². The fourth-order valence-corrected chi connectivity index (χ4v) is 2.25. The van der Waals surface area contributed by atoms with Crippen molar-refractivity contribution in [2.75, 3.05) is 0 Å². The fraction of sp³-hybridized carbons (Fsp3) is 0.882. The van der Waals surface area contributed by atoms with Gasteiger partial charge in [-0.1, -0.05) is 90.6 Å². The van der Waals surface area contributed by atoms with E-state index in [1.807, 2.05) is 0 Å². The minimum absolute atomic E-state index is 0.716. The highest BCUT2D eigenvalue weighted by atomic mass is 14.0. The molecule has 0 aromatic heterocycles. The third-order valence-corrected chi connectivity index (χ3v) is 3.67. The summed E-state index contributed by atoms with van der Waals surface area (Å²) in [6.07, 6.45) is 19.2. The summed E-state index contributed by atoms with van der Waals surface area (Å²) in [5.74, 6) is 0.716. The van der Waals surface area contributed by atoms with Crippen LogP contribution in [0.2, 0.25) is 0 Å². The van der Waals surface area contributed by atoms with Crippen molar-refractivity contribution in [2.24, 2.45) is 5.92 Å². The number of hydrogen-bond donors (Lipinski definition) is 0. The lowest BCUT2D eigenvalue weighted by Gasteiger charge is -2.05. The Kier molecular flexibility index (Phi) is 13.6. The second-order valence-electron chi connectivity index (χ2n) is 5.54. The maximum absolute atomic E-state index is 3.83. The standard InChI is InChI=1S/C17H34/c1-4-6-7-8-9-10-11-12-13-14-15-16-17(3)5-2/h5,17H,2,4,6-16H2,1,3H3. The molecule has 17 heavy (non-hydrogen) atoms. The normalized spacial score (nSPS) is 12.6. The lowest BCUT2D eigenvalue weighted by molar-refractivity contribution is 0.524. The van der Waals surface area contributed by atoms with E-state index in [2.05, 4.69) is 26.5 Å². The predicted octanol–water partition coefficient (Wildman–Crippen LogP) is 6.51. The topological polar surface area (TPSA) is 0 Å². The monoisotopic (exact) mass is 238 g/mol. The lowest BCUT2D eigenvalue weighted by atomic mass is 10.0. The van der Waals surface area contributed by atoms with E-state index < -0.39 is 0 Å². The van der Waals surface area contributed by atoms with E-state index in [4.69, 9.17) is 0 Å². The first-order chi connectivity index (χ1) is 8.31. The Labute approximate surface area is 110 Å². The van der Waals surface area contributed by atoms with Crippen molar-refractivity contribution in [3.8, 4) is 0 Å². The average molecular weight is 238 g/mol. The molecule has 1 atom stereocenters. The molecule has 0 saturated carbocycles. The van der Waals surface area contributed by atoms with Gasteiger partial charge in [0.1, 0.15) is 0 Å². The van der Waals surface area contributed by atoms with Crippen LogP contribution in [0.1, 0.15) is 90.9 Å². The lowest BCUT2D eigenvalue weighted by Crippen LogP contribution is -1.89. The third kappa shape index (κ3) is 13.7. The SMILES string of the molecule is C=CC(C)CCCCCCCCCCCCC. The van der Waals surface area contributed by atoms with Crippen LogP contribution in [0.25, 0.3) is 0 Å². The first-order valence-electron chi connectivity index (χ1n) is 7.93. The van der Waals surface area contributed by atoms with Crippen LogP contribution in [0.3, 0.4) is 0 Å². The number of rotatable bonds is 13. The van der Waals surface area contributed by atoms with Gasteiger partial charge in [-0.2, -0.15) is 0 Å². The van der Waals surface area contributed by atoms with Crippen LogP contribution in [0.15, 0.2) is 12.7 Å². The molecule has 0 N–H and O–H groups in total. The minimum atomic E-state index is 0.716. The molecule has 0 aliphatic rings. The van der Waals surface area contributed by atoms with Crippen LogP contribution in [-0.4, -0.2) is 0 Å². The van der Waals surface area contributed by atoms with Crippen LogP contribution >= 0.6 is 0 Å². The Balaban J connectivity index is 2.96. The maximum atomic E-state index is 3.83. The minimum Gasteiger partial charge on any atom is -0.103 e. The summed E-state index contributed by atoms with van der Waals surface area (Å²) < 4.78 is 0. The molecule has 0 fully saturated rings. The van der Waals surface area contributed by atoms with Gasteiger partial charge in [0.25, 0.3) is 0 Å². The molecule has 0 aliphatic carbocycles. The molecule has 0 heteroatoms. The molecule has 0 nitrogen and oxygen atoms in total.